The molecule has 3 N–H and O–H groups in total. The minimum absolute atomic E-state index is 0.0622. The maximum Gasteiger partial charge on any atom is 0.267 e. The van der Waals surface area contributed by atoms with Crippen LogP contribution in [0.25, 0.3) is 11.3 Å². The van der Waals surface area contributed by atoms with E-state index in [9.17, 15) is 10.1 Å². The van der Waals surface area contributed by atoms with Gasteiger partial charge in [0.15, 0.2) is 5.13 Å². The van der Waals surface area contributed by atoms with Crippen LogP contribution in [0, 0.1) is 31.1 Å². The summed E-state index contributed by atoms with van der Waals surface area (Å²) in [5.41, 5.74) is 10.5. The highest BCUT2D eigenvalue weighted by molar-refractivity contribution is 7.14. The van der Waals surface area contributed by atoms with Crippen molar-refractivity contribution >= 4 is 22.4 Å². The summed E-state index contributed by atoms with van der Waals surface area (Å²) in [5.74, 6) is -0.363. The Morgan fingerprint density at radius 1 is 1.30 bits per heavy atom. The van der Waals surface area contributed by atoms with E-state index in [0.29, 0.717) is 5.13 Å². The third-order valence-electron chi connectivity index (χ3n) is 4.81. The predicted octanol–water partition coefficient (Wildman–Crippen LogP) is 3.32. The van der Waals surface area contributed by atoms with Crippen LogP contribution in [0.1, 0.15) is 25.0 Å². The first-order chi connectivity index (χ1) is 12.9. The van der Waals surface area contributed by atoms with E-state index in [4.69, 9.17) is 0 Å². The molecule has 1 aliphatic heterocycles. The third kappa shape index (κ3) is 4.25. The van der Waals surface area contributed by atoms with Crippen molar-refractivity contribution in [2.24, 2.45) is 5.92 Å². The van der Waals surface area contributed by atoms with Gasteiger partial charge in [0.05, 0.1) is 5.69 Å². The quantitative estimate of drug-likeness (QED) is 0.558. The molecule has 140 valence electrons. The number of thiazole rings is 1. The summed E-state index contributed by atoms with van der Waals surface area (Å²) in [6.45, 7) is 8.11. The van der Waals surface area contributed by atoms with Crippen molar-refractivity contribution in [1.29, 1.82) is 5.26 Å². The number of anilines is 1. The number of hydrogen-bond acceptors (Lipinski definition) is 6. The normalized spacial score (nSPS) is 22.5. The first kappa shape index (κ1) is 19.2. The predicted molar refractivity (Wildman–Crippen MR) is 108 cm³/mol. The number of hydrazine groups is 1. The highest BCUT2D eigenvalue weighted by Gasteiger charge is 2.29. The van der Waals surface area contributed by atoms with Crippen LogP contribution in [0.2, 0.25) is 0 Å². The zero-order valence-electron chi connectivity index (χ0n) is 15.8. The molecule has 1 fully saturated rings. The highest BCUT2D eigenvalue weighted by atomic mass is 32.1. The smallest absolute Gasteiger partial charge is 0.267 e. The summed E-state index contributed by atoms with van der Waals surface area (Å²) in [6, 6.07) is 8.51. The Bertz CT molecular complexity index is 917. The number of hydrogen-bond donors (Lipinski definition) is 3. The van der Waals surface area contributed by atoms with Crippen molar-refractivity contribution < 1.29 is 4.79 Å². The summed E-state index contributed by atoms with van der Waals surface area (Å²) < 4.78 is 0. The summed E-state index contributed by atoms with van der Waals surface area (Å²) in [4.78, 5) is 17.1. The standard InChI is InChI=1S/C20H23N5OS/c1-11-5-6-12(2)16(7-11)18-10-27-20(22-18)23-19(26)15(9-21)8-17-13(3)24-25-14(17)4/h5-8,10,13-14,17,24-25H,1-4H3,(H,22,23,26)/b15-8-. The molecule has 2 heterocycles. The molecule has 1 aromatic heterocycles. The maximum absolute atomic E-state index is 12.5. The zero-order chi connectivity index (χ0) is 19.6. The number of nitrogens with one attached hydrogen (secondary N) is 3. The van der Waals surface area contributed by atoms with E-state index in [1.807, 2.05) is 39.1 Å². The van der Waals surface area contributed by atoms with Gasteiger partial charge in [-0.25, -0.2) is 4.98 Å². The van der Waals surface area contributed by atoms with Crippen molar-refractivity contribution in [3.05, 3.63) is 46.4 Å². The molecule has 3 rings (SSSR count). The molecule has 1 amide bonds. The Kier molecular flexibility index (Phi) is 5.71. The second-order valence-corrected chi connectivity index (χ2v) is 7.80. The second-order valence-electron chi connectivity index (χ2n) is 6.95. The molecule has 0 spiro atoms. The van der Waals surface area contributed by atoms with Gasteiger partial charge in [-0.1, -0.05) is 23.8 Å². The van der Waals surface area contributed by atoms with E-state index >= 15 is 0 Å². The van der Waals surface area contributed by atoms with E-state index in [-0.39, 0.29) is 23.6 Å². The van der Waals surface area contributed by atoms with Gasteiger partial charge in [0.2, 0.25) is 0 Å². The lowest BCUT2D eigenvalue weighted by Crippen LogP contribution is -2.30. The van der Waals surface area contributed by atoms with Crippen LogP contribution >= 0.6 is 11.3 Å². The lowest BCUT2D eigenvalue weighted by Gasteiger charge is -2.13. The summed E-state index contributed by atoms with van der Waals surface area (Å²) in [5, 5.41) is 14.6. The number of carbonyl (C=O) groups is 1. The highest BCUT2D eigenvalue weighted by Crippen LogP contribution is 2.28. The third-order valence-corrected chi connectivity index (χ3v) is 5.57. The van der Waals surface area contributed by atoms with Crippen LogP contribution in [-0.2, 0) is 4.79 Å². The fourth-order valence-corrected chi connectivity index (χ4v) is 3.87. The van der Waals surface area contributed by atoms with Crippen molar-refractivity contribution in [3.63, 3.8) is 0 Å². The molecule has 0 bridgehead atoms. The maximum atomic E-state index is 12.5. The molecule has 1 aromatic carbocycles. The monoisotopic (exact) mass is 381 g/mol. The molecular formula is C20H23N5OS. The minimum atomic E-state index is -0.425. The first-order valence-electron chi connectivity index (χ1n) is 8.86. The molecule has 0 aliphatic carbocycles. The summed E-state index contributed by atoms with van der Waals surface area (Å²) in [6.07, 6.45) is 1.73. The molecule has 1 saturated heterocycles. The number of aryl methyl sites for hydroxylation is 2. The average Bonchev–Trinajstić information content (AvgIpc) is 3.22. The largest absolute Gasteiger partial charge is 0.297 e. The average molecular weight is 382 g/mol. The van der Waals surface area contributed by atoms with Gasteiger partial charge in [-0.2, -0.15) is 5.26 Å². The molecule has 2 unspecified atom stereocenters. The van der Waals surface area contributed by atoms with Crippen molar-refractivity contribution in [2.75, 3.05) is 5.32 Å². The van der Waals surface area contributed by atoms with Gasteiger partial charge in [0.1, 0.15) is 11.6 Å². The zero-order valence-corrected chi connectivity index (χ0v) is 16.6. The number of nitrogens with zero attached hydrogens (tertiary/aromatic N) is 2. The molecule has 0 saturated carbocycles. The molecule has 7 heteroatoms. The Balaban J connectivity index is 1.77. The molecule has 1 aliphatic rings. The van der Waals surface area contributed by atoms with Gasteiger partial charge in [-0.3, -0.25) is 21.0 Å². The van der Waals surface area contributed by atoms with Gasteiger partial charge in [0, 0.05) is 28.9 Å². The number of amides is 1. The van der Waals surface area contributed by atoms with Crippen LogP contribution in [-0.4, -0.2) is 23.0 Å². The molecule has 0 radical (unpaired) electrons. The first-order valence-corrected chi connectivity index (χ1v) is 9.74. The summed E-state index contributed by atoms with van der Waals surface area (Å²) >= 11 is 1.35. The molecule has 6 nitrogen and oxygen atoms in total. The van der Waals surface area contributed by atoms with Gasteiger partial charge >= 0.3 is 0 Å². The second kappa shape index (κ2) is 8.01. The van der Waals surface area contributed by atoms with Crippen LogP contribution in [0.5, 0.6) is 0 Å². The number of carbonyl (C=O) groups excluding carboxylic acids is 1. The fourth-order valence-electron chi connectivity index (χ4n) is 3.16. The van der Waals surface area contributed by atoms with Crippen molar-refractivity contribution in [3.8, 4) is 17.3 Å². The van der Waals surface area contributed by atoms with E-state index in [2.05, 4.69) is 39.4 Å². The molecule has 2 aromatic rings. The Morgan fingerprint density at radius 2 is 2.00 bits per heavy atom. The van der Waals surface area contributed by atoms with Crippen LogP contribution < -0.4 is 16.2 Å². The summed E-state index contributed by atoms with van der Waals surface area (Å²) in [7, 11) is 0. The van der Waals surface area contributed by atoms with Crippen LogP contribution in [0.3, 0.4) is 0 Å². The van der Waals surface area contributed by atoms with Crippen LogP contribution in [0.15, 0.2) is 35.2 Å². The fraction of sp³-hybridized carbons (Fsp3) is 0.350. The topological polar surface area (TPSA) is 89.8 Å². The SMILES string of the molecule is Cc1ccc(C)c(-c2csc(NC(=O)/C(C#N)=C\C3C(C)NNC3C)n2)c1. The Hall–Kier alpha value is -2.53. The van der Waals surface area contributed by atoms with Crippen molar-refractivity contribution in [2.45, 2.75) is 39.8 Å². The van der Waals surface area contributed by atoms with Gasteiger partial charge in [-0.15, -0.1) is 11.3 Å². The minimum Gasteiger partial charge on any atom is -0.297 e. The molecular weight excluding hydrogens is 358 g/mol. The van der Waals surface area contributed by atoms with E-state index < -0.39 is 5.91 Å². The van der Waals surface area contributed by atoms with Gasteiger partial charge < -0.3 is 0 Å². The lowest BCUT2D eigenvalue weighted by molar-refractivity contribution is -0.112. The Morgan fingerprint density at radius 3 is 2.67 bits per heavy atom. The van der Waals surface area contributed by atoms with E-state index in [1.165, 1.54) is 11.3 Å². The lowest BCUT2D eigenvalue weighted by atomic mass is 9.94. The number of aromatic nitrogens is 1. The van der Waals surface area contributed by atoms with Gasteiger partial charge in [0.25, 0.3) is 5.91 Å². The van der Waals surface area contributed by atoms with Crippen molar-refractivity contribution in [1.82, 2.24) is 15.8 Å². The molecule has 27 heavy (non-hydrogen) atoms. The van der Waals surface area contributed by atoms with E-state index in [1.54, 1.807) is 6.08 Å². The Labute approximate surface area is 163 Å². The van der Waals surface area contributed by atoms with Gasteiger partial charge in [-0.05, 0) is 39.3 Å². The number of rotatable bonds is 4. The van der Waals surface area contributed by atoms with E-state index in [0.717, 1.165) is 22.4 Å². The number of benzene rings is 1. The molecule has 2 atom stereocenters. The number of nitriles is 1. The van der Waals surface area contributed by atoms with Crippen LogP contribution in [0.4, 0.5) is 5.13 Å².